The van der Waals surface area contributed by atoms with Crippen LogP contribution >= 0.6 is 0 Å². The van der Waals surface area contributed by atoms with Crippen LogP contribution in [0.2, 0.25) is 0 Å². The summed E-state index contributed by atoms with van der Waals surface area (Å²) in [5, 5.41) is 8.80. The van der Waals surface area contributed by atoms with Gasteiger partial charge in [-0.25, -0.2) is 0 Å². The standard InChI is InChI=1S/C11H12O2/c1-9(12)7-8-11(13)10-5-3-2-4-6-10/h2-6,12H,1,7-8H2. The molecule has 0 saturated carbocycles. The van der Waals surface area contributed by atoms with Gasteiger partial charge in [0, 0.05) is 18.4 Å². The minimum Gasteiger partial charge on any atom is -0.513 e. The maximum absolute atomic E-state index is 11.4. The summed E-state index contributed by atoms with van der Waals surface area (Å²) in [6, 6.07) is 9.04. The van der Waals surface area contributed by atoms with Crippen molar-refractivity contribution in [2.45, 2.75) is 12.8 Å². The number of allylic oxidation sites excluding steroid dienone is 1. The molecule has 0 aliphatic rings. The van der Waals surface area contributed by atoms with Crippen molar-refractivity contribution in [3.8, 4) is 0 Å². The Hall–Kier alpha value is -1.57. The molecule has 0 radical (unpaired) electrons. The van der Waals surface area contributed by atoms with E-state index in [1.54, 1.807) is 12.1 Å². The molecule has 0 amide bonds. The van der Waals surface area contributed by atoms with Gasteiger partial charge in [-0.2, -0.15) is 0 Å². The van der Waals surface area contributed by atoms with Crippen LogP contribution in [0.3, 0.4) is 0 Å². The van der Waals surface area contributed by atoms with Gasteiger partial charge in [-0.15, -0.1) is 0 Å². The molecule has 0 saturated heterocycles. The van der Waals surface area contributed by atoms with Gasteiger partial charge in [0.15, 0.2) is 5.78 Å². The van der Waals surface area contributed by atoms with Gasteiger partial charge in [0.1, 0.15) is 0 Å². The minimum atomic E-state index is 0.0378. The number of aliphatic hydroxyl groups excluding tert-OH is 1. The van der Waals surface area contributed by atoms with Crippen molar-refractivity contribution in [2.75, 3.05) is 0 Å². The molecule has 0 aromatic heterocycles. The topological polar surface area (TPSA) is 37.3 Å². The van der Waals surface area contributed by atoms with Crippen molar-refractivity contribution >= 4 is 5.78 Å². The Kier molecular flexibility index (Phi) is 3.26. The van der Waals surface area contributed by atoms with Gasteiger partial charge in [-0.1, -0.05) is 36.9 Å². The molecule has 0 fully saturated rings. The molecule has 0 unspecified atom stereocenters. The Balaban J connectivity index is 2.54. The number of carbonyl (C=O) groups is 1. The van der Waals surface area contributed by atoms with Crippen LogP contribution in [0.1, 0.15) is 23.2 Å². The van der Waals surface area contributed by atoms with E-state index < -0.39 is 0 Å². The van der Waals surface area contributed by atoms with Crippen molar-refractivity contribution < 1.29 is 9.90 Å². The first-order valence-corrected chi connectivity index (χ1v) is 4.15. The van der Waals surface area contributed by atoms with Gasteiger partial charge in [0.05, 0.1) is 5.76 Å². The van der Waals surface area contributed by atoms with Gasteiger partial charge in [-0.3, -0.25) is 4.79 Å². The first kappa shape index (κ1) is 9.52. The van der Waals surface area contributed by atoms with Crippen molar-refractivity contribution in [1.29, 1.82) is 0 Å². The number of Topliss-reactive ketones (excluding diaryl/α,β-unsaturated/α-hetero) is 1. The van der Waals surface area contributed by atoms with Gasteiger partial charge in [0.2, 0.25) is 0 Å². The predicted octanol–water partition coefficient (Wildman–Crippen LogP) is 2.72. The maximum Gasteiger partial charge on any atom is 0.163 e. The largest absolute Gasteiger partial charge is 0.513 e. The Morgan fingerprint density at radius 1 is 1.23 bits per heavy atom. The first-order chi connectivity index (χ1) is 6.20. The zero-order valence-corrected chi connectivity index (χ0v) is 7.36. The fourth-order valence-corrected chi connectivity index (χ4v) is 1.03. The summed E-state index contributed by atoms with van der Waals surface area (Å²) in [4.78, 5) is 11.4. The van der Waals surface area contributed by atoms with Crippen LogP contribution in [0.5, 0.6) is 0 Å². The lowest BCUT2D eigenvalue weighted by molar-refractivity contribution is 0.0978. The molecule has 1 aromatic rings. The quantitative estimate of drug-likeness (QED) is 0.565. The average Bonchev–Trinajstić information content (AvgIpc) is 2.15. The Bertz CT molecular complexity index is 301. The monoisotopic (exact) mass is 176 g/mol. The van der Waals surface area contributed by atoms with E-state index in [0.717, 1.165) is 0 Å². The molecular weight excluding hydrogens is 164 g/mol. The molecule has 2 nitrogen and oxygen atoms in total. The lowest BCUT2D eigenvalue weighted by Crippen LogP contribution is -1.98. The second-order valence-electron chi connectivity index (χ2n) is 2.86. The number of hydrogen-bond donors (Lipinski definition) is 1. The third-order valence-corrected chi connectivity index (χ3v) is 1.74. The van der Waals surface area contributed by atoms with Crippen molar-refractivity contribution in [2.24, 2.45) is 0 Å². The molecule has 0 spiro atoms. The highest BCUT2D eigenvalue weighted by Gasteiger charge is 2.04. The van der Waals surface area contributed by atoms with E-state index in [1.807, 2.05) is 18.2 Å². The van der Waals surface area contributed by atoms with Crippen molar-refractivity contribution in [1.82, 2.24) is 0 Å². The summed E-state index contributed by atoms with van der Waals surface area (Å²) in [6.45, 7) is 3.32. The van der Waals surface area contributed by atoms with E-state index in [1.165, 1.54) is 0 Å². The molecular formula is C11H12O2. The van der Waals surface area contributed by atoms with Crippen LogP contribution in [-0.4, -0.2) is 10.9 Å². The highest BCUT2D eigenvalue weighted by atomic mass is 16.3. The molecule has 13 heavy (non-hydrogen) atoms. The molecule has 1 rings (SSSR count). The minimum absolute atomic E-state index is 0.0378. The molecule has 0 aliphatic carbocycles. The molecule has 0 heterocycles. The van der Waals surface area contributed by atoms with Crippen LogP contribution in [0, 0.1) is 0 Å². The maximum atomic E-state index is 11.4. The Morgan fingerprint density at radius 3 is 2.38 bits per heavy atom. The number of hydrogen-bond acceptors (Lipinski definition) is 2. The lowest BCUT2D eigenvalue weighted by atomic mass is 10.1. The fourth-order valence-electron chi connectivity index (χ4n) is 1.03. The second kappa shape index (κ2) is 4.45. The Morgan fingerprint density at radius 2 is 1.85 bits per heavy atom. The third-order valence-electron chi connectivity index (χ3n) is 1.74. The van der Waals surface area contributed by atoms with Crippen LogP contribution in [-0.2, 0) is 0 Å². The summed E-state index contributed by atoms with van der Waals surface area (Å²) in [7, 11) is 0. The van der Waals surface area contributed by atoms with Crippen LogP contribution in [0.4, 0.5) is 0 Å². The molecule has 1 aromatic carbocycles. The highest BCUT2D eigenvalue weighted by molar-refractivity contribution is 5.96. The molecule has 2 heteroatoms. The van der Waals surface area contributed by atoms with E-state index in [9.17, 15) is 4.79 Å². The average molecular weight is 176 g/mol. The third kappa shape index (κ3) is 3.11. The van der Waals surface area contributed by atoms with Crippen LogP contribution in [0.25, 0.3) is 0 Å². The van der Waals surface area contributed by atoms with Crippen LogP contribution in [0.15, 0.2) is 42.7 Å². The summed E-state index contributed by atoms with van der Waals surface area (Å²) in [5.74, 6) is 0.0973. The zero-order valence-electron chi connectivity index (χ0n) is 7.36. The predicted molar refractivity (Wildman–Crippen MR) is 51.8 cm³/mol. The van der Waals surface area contributed by atoms with E-state index in [0.29, 0.717) is 18.4 Å². The van der Waals surface area contributed by atoms with Crippen molar-refractivity contribution in [3.05, 3.63) is 48.2 Å². The number of carbonyl (C=O) groups excluding carboxylic acids is 1. The van der Waals surface area contributed by atoms with Gasteiger partial charge in [-0.05, 0) is 0 Å². The lowest BCUT2D eigenvalue weighted by Gasteiger charge is -1.99. The van der Waals surface area contributed by atoms with E-state index in [2.05, 4.69) is 6.58 Å². The number of aliphatic hydroxyl groups is 1. The van der Waals surface area contributed by atoms with Gasteiger partial charge in [0.25, 0.3) is 0 Å². The smallest absolute Gasteiger partial charge is 0.163 e. The number of rotatable bonds is 4. The normalized spacial score (nSPS) is 9.54. The number of ketones is 1. The van der Waals surface area contributed by atoms with E-state index in [4.69, 9.17) is 5.11 Å². The molecule has 0 aliphatic heterocycles. The summed E-state index contributed by atoms with van der Waals surface area (Å²) in [5.41, 5.74) is 0.684. The van der Waals surface area contributed by atoms with E-state index in [-0.39, 0.29) is 11.5 Å². The second-order valence-corrected chi connectivity index (χ2v) is 2.86. The molecule has 68 valence electrons. The first-order valence-electron chi connectivity index (χ1n) is 4.15. The Labute approximate surface area is 77.5 Å². The van der Waals surface area contributed by atoms with Gasteiger partial charge >= 0.3 is 0 Å². The number of benzene rings is 1. The summed E-state index contributed by atoms with van der Waals surface area (Å²) >= 11 is 0. The summed E-state index contributed by atoms with van der Waals surface area (Å²) < 4.78 is 0. The molecule has 0 bridgehead atoms. The van der Waals surface area contributed by atoms with Crippen LogP contribution < -0.4 is 0 Å². The summed E-state index contributed by atoms with van der Waals surface area (Å²) in [6.07, 6.45) is 0.660. The molecule has 0 atom stereocenters. The zero-order chi connectivity index (χ0) is 9.68. The van der Waals surface area contributed by atoms with Gasteiger partial charge < -0.3 is 5.11 Å². The highest BCUT2D eigenvalue weighted by Crippen LogP contribution is 2.07. The fraction of sp³-hybridized carbons (Fsp3) is 0.182. The SMILES string of the molecule is C=C(O)CCC(=O)c1ccccc1. The van der Waals surface area contributed by atoms with E-state index >= 15 is 0 Å². The molecule has 1 N–H and O–H groups in total. The van der Waals surface area contributed by atoms with Crippen molar-refractivity contribution in [3.63, 3.8) is 0 Å².